The number of ether oxygens (including phenoxy) is 1. The molecule has 3 heterocycles. The summed E-state index contributed by atoms with van der Waals surface area (Å²) in [5.74, 6) is -0.724. The molecule has 1 aliphatic rings. The quantitative estimate of drug-likeness (QED) is 0.628. The second kappa shape index (κ2) is 6.81. The molecule has 1 unspecified atom stereocenters. The summed E-state index contributed by atoms with van der Waals surface area (Å²) < 4.78 is 21.4. The van der Waals surface area contributed by atoms with Gasteiger partial charge in [0.15, 0.2) is 6.23 Å². The van der Waals surface area contributed by atoms with Crippen LogP contribution in [0, 0.1) is 12.7 Å². The number of benzene rings is 1. The number of hydrogen-bond donors (Lipinski definition) is 3. The second-order valence-corrected chi connectivity index (χ2v) is 6.94. The fourth-order valence-corrected chi connectivity index (χ4v) is 3.56. The molecule has 2 aromatic heterocycles. The van der Waals surface area contributed by atoms with Crippen molar-refractivity contribution in [3.63, 3.8) is 0 Å². The Kier molecular flexibility index (Phi) is 4.61. The number of hydrogen-bond acceptors (Lipinski definition) is 6. The molecule has 27 heavy (non-hydrogen) atoms. The number of halogens is 2. The fraction of sp³-hybridized carbons (Fsp3) is 0.333. The zero-order chi connectivity index (χ0) is 19.3. The topological polar surface area (TPSA) is 101 Å². The third-order valence-corrected chi connectivity index (χ3v) is 5.09. The van der Waals surface area contributed by atoms with Gasteiger partial charge in [0.1, 0.15) is 42.2 Å². The number of rotatable bonds is 3. The van der Waals surface area contributed by atoms with Gasteiger partial charge in [-0.1, -0.05) is 17.7 Å². The van der Waals surface area contributed by atoms with Crippen LogP contribution in [0.1, 0.15) is 23.6 Å². The molecule has 0 bridgehead atoms. The first kappa shape index (κ1) is 18.3. The van der Waals surface area contributed by atoms with Crippen molar-refractivity contribution in [3.05, 3.63) is 58.9 Å². The molecule has 1 fully saturated rings. The number of aromatic nitrogens is 3. The molecule has 0 amide bonds. The summed E-state index contributed by atoms with van der Waals surface area (Å²) in [6.07, 6.45) is -3.45. The lowest BCUT2D eigenvalue weighted by Crippen LogP contribution is -2.35. The predicted octanol–water partition coefficient (Wildman–Crippen LogP) is 1.89. The van der Waals surface area contributed by atoms with Gasteiger partial charge >= 0.3 is 0 Å². The molecule has 3 aromatic rings. The van der Waals surface area contributed by atoms with Gasteiger partial charge in [-0.05, 0) is 25.1 Å². The van der Waals surface area contributed by atoms with Crippen LogP contribution >= 0.6 is 11.6 Å². The lowest BCUT2D eigenvalue weighted by atomic mass is 9.99. The normalized spacial score (nSPS) is 26.6. The van der Waals surface area contributed by atoms with E-state index in [9.17, 15) is 19.7 Å². The van der Waals surface area contributed by atoms with Crippen molar-refractivity contribution in [2.24, 2.45) is 0 Å². The largest absolute Gasteiger partial charge is 0.387 e. The zero-order valence-corrected chi connectivity index (χ0v) is 15.0. The fourth-order valence-electron chi connectivity index (χ4n) is 3.40. The lowest BCUT2D eigenvalue weighted by Gasteiger charge is -2.22. The Labute approximate surface area is 158 Å². The summed E-state index contributed by atoms with van der Waals surface area (Å²) in [5.41, 5.74) is 1.20. The van der Waals surface area contributed by atoms with Crippen molar-refractivity contribution in [2.45, 2.75) is 37.6 Å². The number of fused-ring (bicyclic) bond motifs is 1. The molecule has 3 N–H and O–H groups in total. The summed E-state index contributed by atoms with van der Waals surface area (Å²) in [7, 11) is 0. The van der Waals surface area contributed by atoms with Crippen molar-refractivity contribution < 1.29 is 24.4 Å². The van der Waals surface area contributed by atoms with E-state index in [1.54, 1.807) is 16.8 Å². The van der Waals surface area contributed by atoms with Crippen molar-refractivity contribution in [3.8, 4) is 0 Å². The van der Waals surface area contributed by atoms with Crippen LogP contribution in [0.15, 0.2) is 36.8 Å². The van der Waals surface area contributed by atoms with Crippen LogP contribution in [0.25, 0.3) is 11.0 Å². The molecule has 0 saturated carbocycles. The third-order valence-electron chi connectivity index (χ3n) is 4.85. The highest BCUT2D eigenvalue weighted by Gasteiger charge is 2.48. The number of nitrogens with zero attached hydrogens (tertiary/aromatic N) is 3. The van der Waals surface area contributed by atoms with Crippen LogP contribution in [0.2, 0.25) is 5.02 Å². The number of aliphatic hydroxyl groups is 3. The predicted molar refractivity (Wildman–Crippen MR) is 94.6 cm³/mol. The third kappa shape index (κ3) is 2.99. The summed E-state index contributed by atoms with van der Waals surface area (Å²) >= 11 is 5.73. The van der Waals surface area contributed by atoms with E-state index in [4.69, 9.17) is 16.3 Å². The average Bonchev–Trinajstić information content (AvgIpc) is 3.18. The van der Waals surface area contributed by atoms with Crippen molar-refractivity contribution >= 4 is 22.6 Å². The van der Waals surface area contributed by atoms with E-state index < -0.39 is 36.5 Å². The Morgan fingerprint density at radius 1 is 1.22 bits per heavy atom. The van der Waals surface area contributed by atoms with E-state index in [0.717, 1.165) is 17.1 Å². The molecule has 0 spiro atoms. The van der Waals surface area contributed by atoms with Gasteiger partial charge < -0.3 is 24.6 Å². The maximum atomic E-state index is 14.1. The lowest BCUT2D eigenvalue weighted by molar-refractivity contribution is -0.0856. The minimum atomic E-state index is -1.49. The maximum absolute atomic E-state index is 14.1. The van der Waals surface area contributed by atoms with Crippen LogP contribution in [-0.4, -0.2) is 48.2 Å². The molecule has 1 aromatic carbocycles. The van der Waals surface area contributed by atoms with Crippen LogP contribution in [-0.2, 0) is 4.74 Å². The molecular formula is C18H17ClFN3O4. The summed E-state index contributed by atoms with van der Waals surface area (Å²) in [6.45, 7) is 1.82. The van der Waals surface area contributed by atoms with E-state index in [0.29, 0.717) is 5.65 Å². The number of aliphatic hydroxyl groups excluding tert-OH is 3. The number of aryl methyl sites for hydroxylation is 1. The van der Waals surface area contributed by atoms with E-state index in [1.807, 2.05) is 6.92 Å². The molecule has 9 heteroatoms. The van der Waals surface area contributed by atoms with Crippen molar-refractivity contribution in [2.75, 3.05) is 0 Å². The first-order valence-corrected chi connectivity index (χ1v) is 8.69. The van der Waals surface area contributed by atoms with Gasteiger partial charge in [-0.3, -0.25) is 0 Å². The Bertz CT molecular complexity index is 998. The van der Waals surface area contributed by atoms with Gasteiger partial charge in [0, 0.05) is 22.2 Å². The standard InChI is InChI=1S/C18H17ClFN3O4/c1-8-10-4-5-23(17(10)22-7-21-8)18-15(26)14(25)16(27-18)13(24)11-3-2-9(19)6-12(11)20/h2-7,13-16,18,24-26H,1H3/t13?,14-,15+,16+,18+/m0/s1. The monoisotopic (exact) mass is 393 g/mol. The molecule has 0 aliphatic carbocycles. The maximum Gasteiger partial charge on any atom is 0.164 e. The minimum absolute atomic E-state index is 0.0770. The Balaban J connectivity index is 1.67. The summed E-state index contributed by atoms with van der Waals surface area (Å²) in [4.78, 5) is 8.31. The summed E-state index contributed by atoms with van der Waals surface area (Å²) in [5, 5.41) is 32.4. The van der Waals surface area contributed by atoms with E-state index in [2.05, 4.69) is 9.97 Å². The Morgan fingerprint density at radius 3 is 2.74 bits per heavy atom. The highest BCUT2D eigenvalue weighted by molar-refractivity contribution is 6.30. The first-order valence-electron chi connectivity index (χ1n) is 8.31. The van der Waals surface area contributed by atoms with Crippen molar-refractivity contribution in [1.82, 2.24) is 14.5 Å². The molecule has 5 atom stereocenters. The van der Waals surface area contributed by atoms with Crippen LogP contribution in [0.3, 0.4) is 0 Å². The smallest absolute Gasteiger partial charge is 0.164 e. The molecule has 4 rings (SSSR count). The second-order valence-electron chi connectivity index (χ2n) is 6.50. The minimum Gasteiger partial charge on any atom is -0.387 e. The van der Waals surface area contributed by atoms with Gasteiger partial charge in [0.25, 0.3) is 0 Å². The van der Waals surface area contributed by atoms with Crippen LogP contribution < -0.4 is 0 Å². The van der Waals surface area contributed by atoms with Crippen LogP contribution in [0.4, 0.5) is 4.39 Å². The average molecular weight is 394 g/mol. The van der Waals surface area contributed by atoms with Gasteiger partial charge in [-0.15, -0.1) is 0 Å². The van der Waals surface area contributed by atoms with E-state index in [-0.39, 0.29) is 10.6 Å². The van der Waals surface area contributed by atoms with E-state index >= 15 is 0 Å². The molecule has 1 aliphatic heterocycles. The SMILES string of the molecule is Cc1ncnc2c1ccn2[C@@H]1O[C@H](C(O)c2ccc(Cl)cc2F)[C@@H](O)[C@H]1O. The molecular weight excluding hydrogens is 377 g/mol. The van der Waals surface area contributed by atoms with Gasteiger partial charge in [-0.2, -0.15) is 0 Å². The van der Waals surface area contributed by atoms with Gasteiger partial charge in [0.05, 0.1) is 5.69 Å². The highest BCUT2D eigenvalue weighted by atomic mass is 35.5. The molecule has 142 valence electrons. The Morgan fingerprint density at radius 2 is 2.00 bits per heavy atom. The Hall–Kier alpha value is -2.10. The first-order chi connectivity index (χ1) is 12.9. The summed E-state index contributed by atoms with van der Waals surface area (Å²) in [6, 6.07) is 5.58. The van der Waals surface area contributed by atoms with Gasteiger partial charge in [-0.25, -0.2) is 14.4 Å². The molecule has 0 radical (unpaired) electrons. The van der Waals surface area contributed by atoms with E-state index in [1.165, 1.54) is 18.5 Å². The highest BCUT2D eigenvalue weighted by Crippen LogP contribution is 2.38. The van der Waals surface area contributed by atoms with Gasteiger partial charge in [0.2, 0.25) is 0 Å². The molecule has 1 saturated heterocycles. The molecule has 7 nitrogen and oxygen atoms in total. The van der Waals surface area contributed by atoms with Crippen LogP contribution in [0.5, 0.6) is 0 Å². The van der Waals surface area contributed by atoms with Crippen molar-refractivity contribution in [1.29, 1.82) is 0 Å². The zero-order valence-electron chi connectivity index (χ0n) is 14.2.